The van der Waals surface area contributed by atoms with Gasteiger partial charge in [-0.25, -0.2) is 0 Å². The van der Waals surface area contributed by atoms with E-state index in [1.807, 2.05) is 13.8 Å². The quantitative estimate of drug-likeness (QED) is 0.774. The molecule has 1 aromatic carbocycles. The van der Waals surface area contributed by atoms with Gasteiger partial charge in [-0.3, -0.25) is 9.59 Å². The summed E-state index contributed by atoms with van der Waals surface area (Å²) in [5.74, 6) is 0.473. The monoisotopic (exact) mass is 292 g/mol. The number of nitrogens with one attached hydrogen (secondary N) is 2. The molecule has 0 aliphatic rings. The summed E-state index contributed by atoms with van der Waals surface area (Å²) >= 11 is 0. The van der Waals surface area contributed by atoms with E-state index in [4.69, 9.17) is 4.74 Å². The maximum absolute atomic E-state index is 11.9. The normalized spacial score (nSPS) is 11.6. The van der Waals surface area contributed by atoms with Crippen molar-refractivity contribution in [3.8, 4) is 5.75 Å². The molecule has 0 saturated carbocycles. The maximum atomic E-state index is 11.9. The van der Waals surface area contributed by atoms with Gasteiger partial charge in [0.05, 0.1) is 0 Å². The number of likely N-dealkylation sites (N-methyl/N-ethyl adjacent to an activating group) is 1. The van der Waals surface area contributed by atoms with Crippen molar-refractivity contribution < 1.29 is 14.3 Å². The number of benzene rings is 1. The highest BCUT2D eigenvalue weighted by Gasteiger charge is 2.11. The van der Waals surface area contributed by atoms with Crippen molar-refractivity contribution >= 4 is 17.5 Å². The minimum absolute atomic E-state index is 0.00339. The Labute approximate surface area is 126 Å². The van der Waals surface area contributed by atoms with E-state index in [0.717, 1.165) is 18.5 Å². The first kappa shape index (κ1) is 17.0. The molecule has 0 bridgehead atoms. The van der Waals surface area contributed by atoms with E-state index >= 15 is 0 Å². The number of amides is 2. The zero-order valence-corrected chi connectivity index (χ0v) is 12.9. The Morgan fingerprint density at radius 3 is 2.43 bits per heavy atom. The van der Waals surface area contributed by atoms with Crippen molar-refractivity contribution in [2.45, 2.75) is 33.6 Å². The number of anilines is 1. The molecule has 1 atom stereocenters. The SMILES string of the molecule is CCCC(C)C(=O)Nc1ccc(OCC(=O)NCC)cc1. The van der Waals surface area contributed by atoms with E-state index in [1.165, 1.54) is 0 Å². The van der Waals surface area contributed by atoms with Gasteiger partial charge in [-0.2, -0.15) is 0 Å². The number of hydrogen-bond donors (Lipinski definition) is 2. The number of carbonyl (C=O) groups is 2. The number of hydrogen-bond acceptors (Lipinski definition) is 3. The molecule has 1 aromatic rings. The fourth-order valence-electron chi connectivity index (χ4n) is 1.86. The van der Waals surface area contributed by atoms with Crippen LogP contribution in [0.1, 0.15) is 33.6 Å². The van der Waals surface area contributed by atoms with Crippen LogP contribution < -0.4 is 15.4 Å². The average Bonchev–Trinajstić information content (AvgIpc) is 2.47. The second-order valence-electron chi connectivity index (χ2n) is 4.95. The van der Waals surface area contributed by atoms with E-state index in [0.29, 0.717) is 12.3 Å². The Morgan fingerprint density at radius 1 is 1.19 bits per heavy atom. The Morgan fingerprint density at radius 2 is 1.86 bits per heavy atom. The van der Waals surface area contributed by atoms with Gasteiger partial charge in [-0.15, -0.1) is 0 Å². The van der Waals surface area contributed by atoms with Crippen LogP contribution in [-0.4, -0.2) is 25.0 Å². The van der Waals surface area contributed by atoms with Crippen molar-refractivity contribution in [3.63, 3.8) is 0 Å². The predicted molar refractivity (Wildman–Crippen MR) is 83.3 cm³/mol. The Balaban J connectivity index is 2.46. The largest absolute Gasteiger partial charge is 0.484 e. The minimum atomic E-state index is -0.150. The zero-order chi connectivity index (χ0) is 15.7. The van der Waals surface area contributed by atoms with Crippen molar-refractivity contribution in [1.29, 1.82) is 0 Å². The molecule has 0 spiro atoms. The molecule has 0 saturated heterocycles. The van der Waals surface area contributed by atoms with Crippen LogP contribution in [0.25, 0.3) is 0 Å². The third-order valence-electron chi connectivity index (χ3n) is 3.04. The number of rotatable bonds is 8. The lowest BCUT2D eigenvalue weighted by atomic mass is 10.1. The molecule has 5 heteroatoms. The number of carbonyl (C=O) groups excluding carboxylic acids is 2. The molecule has 0 heterocycles. The minimum Gasteiger partial charge on any atom is -0.484 e. The van der Waals surface area contributed by atoms with Crippen molar-refractivity contribution in [2.75, 3.05) is 18.5 Å². The summed E-state index contributed by atoms with van der Waals surface area (Å²) < 4.78 is 5.34. The van der Waals surface area contributed by atoms with Gasteiger partial charge in [0.1, 0.15) is 5.75 Å². The number of ether oxygens (including phenoxy) is 1. The predicted octanol–water partition coefficient (Wildman–Crippen LogP) is 2.58. The van der Waals surface area contributed by atoms with Crippen LogP contribution in [0.4, 0.5) is 5.69 Å². The summed E-state index contributed by atoms with van der Waals surface area (Å²) in [6.45, 7) is 6.42. The molecule has 0 aliphatic heterocycles. The average molecular weight is 292 g/mol. The summed E-state index contributed by atoms with van der Waals surface area (Å²) in [5.41, 5.74) is 0.730. The van der Waals surface area contributed by atoms with E-state index in [-0.39, 0.29) is 24.3 Å². The summed E-state index contributed by atoms with van der Waals surface area (Å²) in [4.78, 5) is 23.2. The lowest BCUT2D eigenvalue weighted by Crippen LogP contribution is -2.28. The molecule has 1 rings (SSSR count). The Kier molecular flexibility index (Phi) is 7.29. The van der Waals surface area contributed by atoms with Gasteiger partial charge in [-0.05, 0) is 37.6 Å². The molecule has 0 aliphatic carbocycles. The highest BCUT2D eigenvalue weighted by molar-refractivity contribution is 5.92. The first-order valence-corrected chi connectivity index (χ1v) is 7.37. The van der Waals surface area contributed by atoms with Gasteiger partial charge < -0.3 is 15.4 Å². The van der Waals surface area contributed by atoms with Gasteiger partial charge in [0.25, 0.3) is 5.91 Å². The standard InChI is InChI=1S/C16H24N2O3/c1-4-6-12(3)16(20)18-13-7-9-14(10-8-13)21-11-15(19)17-5-2/h7-10,12H,4-6,11H2,1-3H3,(H,17,19)(H,18,20). The highest BCUT2D eigenvalue weighted by Crippen LogP contribution is 2.17. The third kappa shape index (κ3) is 6.29. The van der Waals surface area contributed by atoms with Gasteiger partial charge in [0.15, 0.2) is 6.61 Å². The Hall–Kier alpha value is -2.04. The first-order chi connectivity index (χ1) is 10.1. The van der Waals surface area contributed by atoms with Gasteiger partial charge >= 0.3 is 0 Å². The van der Waals surface area contributed by atoms with Gasteiger partial charge in [0.2, 0.25) is 5.91 Å². The van der Waals surface area contributed by atoms with Crippen molar-refractivity contribution in [2.24, 2.45) is 5.92 Å². The molecule has 0 aromatic heterocycles. The summed E-state index contributed by atoms with van der Waals surface area (Å²) in [6.07, 6.45) is 1.86. The van der Waals surface area contributed by atoms with Gasteiger partial charge in [0, 0.05) is 18.2 Å². The van der Waals surface area contributed by atoms with Gasteiger partial charge in [-0.1, -0.05) is 20.3 Å². The molecule has 0 radical (unpaired) electrons. The van der Waals surface area contributed by atoms with Crippen LogP contribution >= 0.6 is 0 Å². The zero-order valence-electron chi connectivity index (χ0n) is 12.9. The molecule has 2 amide bonds. The van der Waals surface area contributed by atoms with Crippen LogP contribution in [0, 0.1) is 5.92 Å². The van der Waals surface area contributed by atoms with E-state index in [2.05, 4.69) is 17.6 Å². The lowest BCUT2D eigenvalue weighted by Gasteiger charge is -2.11. The summed E-state index contributed by atoms with van der Waals surface area (Å²) in [7, 11) is 0. The van der Waals surface area contributed by atoms with E-state index in [1.54, 1.807) is 24.3 Å². The molecular weight excluding hydrogens is 268 g/mol. The van der Waals surface area contributed by atoms with E-state index < -0.39 is 0 Å². The lowest BCUT2D eigenvalue weighted by molar-refractivity contribution is -0.123. The Bertz CT molecular complexity index is 457. The molecule has 1 unspecified atom stereocenters. The molecule has 0 fully saturated rings. The summed E-state index contributed by atoms with van der Waals surface area (Å²) in [6, 6.07) is 7.01. The molecule has 21 heavy (non-hydrogen) atoms. The third-order valence-corrected chi connectivity index (χ3v) is 3.04. The van der Waals surface area contributed by atoms with Crippen LogP contribution in [-0.2, 0) is 9.59 Å². The van der Waals surface area contributed by atoms with Crippen LogP contribution in [0.3, 0.4) is 0 Å². The molecule has 116 valence electrons. The highest BCUT2D eigenvalue weighted by atomic mass is 16.5. The van der Waals surface area contributed by atoms with Crippen molar-refractivity contribution in [3.05, 3.63) is 24.3 Å². The fraction of sp³-hybridized carbons (Fsp3) is 0.500. The summed E-state index contributed by atoms with van der Waals surface area (Å²) in [5, 5.41) is 5.52. The van der Waals surface area contributed by atoms with Crippen molar-refractivity contribution in [1.82, 2.24) is 5.32 Å². The molecule has 2 N–H and O–H groups in total. The smallest absolute Gasteiger partial charge is 0.257 e. The topological polar surface area (TPSA) is 67.4 Å². The molecular formula is C16H24N2O3. The first-order valence-electron chi connectivity index (χ1n) is 7.37. The van der Waals surface area contributed by atoms with Crippen LogP contribution in [0.5, 0.6) is 5.75 Å². The molecule has 5 nitrogen and oxygen atoms in total. The maximum Gasteiger partial charge on any atom is 0.257 e. The fourth-order valence-corrected chi connectivity index (χ4v) is 1.86. The second kappa shape index (κ2) is 9.00. The van der Waals surface area contributed by atoms with Crippen LogP contribution in [0.2, 0.25) is 0 Å². The van der Waals surface area contributed by atoms with E-state index in [9.17, 15) is 9.59 Å². The van der Waals surface area contributed by atoms with Crippen LogP contribution in [0.15, 0.2) is 24.3 Å². The second-order valence-corrected chi connectivity index (χ2v) is 4.95.